The van der Waals surface area contributed by atoms with Crippen LogP contribution in [0.1, 0.15) is 11.1 Å². The molecule has 0 amide bonds. The maximum Gasteiger partial charge on any atom is 0.273 e. The molecule has 1 N–H and O–H groups in total. The van der Waals surface area contributed by atoms with Gasteiger partial charge < -0.3 is 5.11 Å². The summed E-state index contributed by atoms with van der Waals surface area (Å²) in [6.45, 7) is 0.497. The Kier molecular flexibility index (Phi) is 3.87. The van der Waals surface area contributed by atoms with Crippen LogP contribution in [0.2, 0.25) is 0 Å². The molecule has 19 heavy (non-hydrogen) atoms. The van der Waals surface area contributed by atoms with Crippen molar-refractivity contribution in [1.29, 1.82) is 0 Å². The zero-order valence-electron chi connectivity index (χ0n) is 10.1. The minimum Gasteiger partial charge on any atom is -0.507 e. The van der Waals surface area contributed by atoms with Gasteiger partial charge in [0.05, 0.1) is 17.5 Å². The summed E-state index contributed by atoms with van der Waals surface area (Å²) in [6, 6.07) is 13.6. The second kappa shape index (κ2) is 5.77. The van der Waals surface area contributed by atoms with E-state index in [1.54, 1.807) is 0 Å². The molecule has 0 heterocycles. The molecule has 5 heteroatoms. The fourth-order valence-electron chi connectivity index (χ4n) is 1.59. The lowest BCUT2D eigenvalue weighted by molar-refractivity contribution is -0.384. The molecular weight excluding hydrogens is 244 g/mol. The van der Waals surface area contributed by atoms with Crippen LogP contribution in [-0.4, -0.2) is 16.2 Å². The molecule has 0 saturated heterocycles. The summed E-state index contributed by atoms with van der Waals surface area (Å²) in [5.41, 5.74) is 1.37. The number of nitrogens with zero attached hydrogens (tertiary/aromatic N) is 2. The lowest BCUT2D eigenvalue weighted by Gasteiger charge is -1.99. The topological polar surface area (TPSA) is 75.7 Å². The largest absolute Gasteiger partial charge is 0.507 e. The lowest BCUT2D eigenvalue weighted by Crippen LogP contribution is -1.90. The van der Waals surface area contributed by atoms with Crippen LogP contribution in [0, 0.1) is 10.1 Å². The zero-order valence-corrected chi connectivity index (χ0v) is 10.1. The molecule has 0 unspecified atom stereocenters. The van der Waals surface area contributed by atoms with Gasteiger partial charge in [-0.3, -0.25) is 15.1 Å². The molecule has 2 rings (SSSR count). The zero-order chi connectivity index (χ0) is 13.7. The first kappa shape index (κ1) is 12.8. The highest BCUT2D eigenvalue weighted by Gasteiger charge is 2.08. The Bertz CT molecular complexity index is 609. The van der Waals surface area contributed by atoms with Gasteiger partial charge in [0.1, 0.15) is 5.75 Å². The SMILES string of the molecule is O=[N+]([O-])c1ccc(C=NCc2ccccc2)c(O)c1. The second-order valence-corrected chi connectivity index (χ2v) is 3.96. The molecule has 0 fully saturated rings. The molecule has 96 valence electrons. The summed E-state index contributed by atoms with van der Waals surface area (Å²) in [5.74, 6) is -0.147. The molecule has 0 radical (unpaired) electrons. The van der Waals surface area contributed by atoms with E-state index >= 15 is 0 Å². The monoisotopic (exact) mass is 256 g/mol. The number of aromatic hydroxyl groups is 1. The Labute approximate surface area is 110 Å². The third-order valence-electron chi connectivity index (χ3n) is 2.57. The van der Waals surface area contributed by atoms with Crippen molar-refractivity contribution < 1.29 is 10.0 Å². The van der Waals surface area contributed by atoms with E-state index in [2.05, 4.69) is 4.99 Å². The van der Waals surface area contributed by atoms with Crippen molar-refractivity contribution in [2.24, 2.45) is 4.99 Å². The van der Waals surface area contributed by atoms with Crippen LogP contribution < -0.4 is 0 Å². The van der Waals surface area contributed by atoms with Gasteiger partial charge in [-0.05, 0) is 11.6 Å². The molecule has 0 bridgehead atoms. The molecule has 0 aromatic heterocycles. The molecule has 2 aromatic carbocycles. The number of aliphatic imine (C=N–C) groups is 1. The van der Waals surface area contributed by atoms with Gasteiger partial charge in [0.2, 0.25) is 0 Å². The molecule has 0 saturated carbocycles. The number of phenolic OH excluding ortho intramolecular Hbond substituents is 1. The van der Waals surface area contributed by atoms with E-state index in [9.17, 15) is 15.2 Å². The van der Waals surface area contributed by atoms with E-state index in [0.29, 0.717) is 12.1 Å². The Morgan fingerprint density at radius 1 is 1.21 bits per heavy atom. The minimum atomic E-state index is -0.551. The number of rotatable bonds is 4. The molecule has 2 aromatic rings. The Morgan fingerprint density at radius 3 is 2.58 bits per heavy atom. The lowest BCUT2D eigenvalue weighted by atomic mass is 10.2. The first-order chi connectivity index (χ1) is 9.16. The van der Waals surface area contributed by atoms with Crippen molar-refractivity contribution in [3.8, 4) is 5.75 Å². The Balaban J connectivity index is 2.09. The second-order valence-electron chi connectivity index (χ2n) is 3.96. The number of benzene rings is 2. The highest BCUT2D eigenvalue weighted by molar-refractivity contribution is 5.83. The molecule has 5 nitrogen and oxygen atoms in total. The van der Waals surface area contributed by atoms with Crippen molar-refractivity contribution in [1.82, 2.24) is 0 Å². The fourth-order valence-corrected chi connectivity index (χ4v) is 1.59. The van der Waals surface area contributed by atoms with Gasteiger partial charge in [0.25, 0.3) is 5.69 Å². The smallest absolute Gasteiger partial charge is 0.273 e. The third-order valence-corrected chi connectivity index (χ3v) is 2.57. The number of nitro benzene ring substituents is 1. The summed E-state index contributed by atoms with van der Waals surface area (Å²) in [4.78, 5) is 14.2. The van der Waals surface area contributed by atoms with Gasteiger partial charge >= 0.3 is 0 Å². The van der Waals surface area contributed by atoms with Gasteiger partial charge in [-0.25, -0.2) is 0 Å². The average Bonchev–Trinajstić information content (AvgIpc) is 2.41. The number of phenols is 1. The van der Waals surface area contributed by atoms with Crippen LogP contribution in [0.3, 0.4) is 0 Å². The van der Waals surface area contributed by atoms with Crippen LogP contribution in [0.15, 0.2) is 53.5 Å². The van der Waals surface area contributed by atoms with Crippen molar-refractivity contribution in [3.63, 3.8) is 0 Å². The molecule has 0 atom stereocenters. The number of hydrogen-bond donors (Lipinski definition) is 1. The van der Waals surface area contributed by atoms with E-state index in [-0.39, 0.29) is 11.4 Å². The number of non-ortho nitro benzene ring substituents is 1. The average molecular weight is 256 g/mol. The standard InChI is InChI=1S/C14H12N2O3/c17-14-8-13(16(18)19)7-6-12(14)10-15-9-11-4-2-1-3-5-11/h1-8,10,17H,9H2. The first-order valence-corrected chi connectivity index (χ1v) is 5.68. The summed E-state index contributed by atoms with van der Waals surface area (Å²) in [7, 11) is 0. The van der Waals surface area contributed by atoms with E-state index in [4.69, 9.17) is 0 Å². The van der Waals surface area contributed by atoms with Crippen molar-refractivity contribution in [2.45, 2.75) is 6.54 Å². The Hall–Kier alpha value is -2.69. The van der Waals surface area contributed by atoms with Crippen molar-refractivity contribution in [3.05, 3.63) is 69.8 Å². The molecule has 0 aliphatic heterocycles. The normalized spacial score (nSPS) is 10.7. The minimum absolute atomic E-state index is 0.141. The van der Waals surface area contributed by atoms with Gasteiger partial charge in [0.15, 0.2) is 0 Å². The van der Waals surface area contributed by atoms with E-state index < -0.39 is 4.92 Å². The predicted molar refractivity (Wildman–Crippen MR) is 72.5 cm³/mol. The van der Waals surface area contributed by atoms with E-state index in [1.165, 1.54) is 18.3 Å². The molecule has 0 spiro atoms. The quantitative estimate of drug-likeness (QED) is 0.519. The summed E-state index contributed by atoms with van der Waals surface area (Å²) in [6.07, 6.45) is 1.51. The van der Waals surface area contributed by atoms with Crippen LogP contribution in [0.5, 0.6) is 5.75 Å². The van der Waals surface area contributed by atoms with Gasteiger partial charge in [0, 0.05) is 17.8 Å². The van der Waals surface area contributed by atoms with Crippen LogP contribution in [0.25, 0.3) is 0 Å². The van der Waals surface area contributed by atoms with Gasteiger partial charge in [-0.1, -0.05) is 30.3 Å². The van der Waals surface area contributed by atoms with E-state index in [1.807, 2.05) is 30.3 Å². The Morgan fingerprint density at radius 2 is 1.95 bits per heavy atom. The maximum atomic E-state index is 10.5. The summed E-state index contributed by atoms with van der Waals surface area (Å²) >= 11 is 0. The maximum absolute atomic E-state index is 10.5. The fraction of sp³-hybridized carbons (Fsp3) is 0.0714. The van der Waals surface area contributed by atoms with Crippen LogP contribution in [-0.2, 0) is 6.54 Å². The van der Waals surface area contributed by atoms with Crippen LogP contribution >= 0.6 is 0 Å². The molecular formula is C14H12N2O3. The van der Waals surface area contributed by atoms with Crippen LogP contribution in [0.4, 0.5) is 5.69 Å². The summed E-state index contributed by atoms with van der Waals surface area (Å²) < 4.78 is 0. The molecule has 0 aliphatic rings. The third kappa shape index (κ3) is 3.38. The first-order valence-electron chi connectivity index (χ1n) is 5.68. The highest BCUT2D eigenvalue weighted by atomic mass is 16.6. The number of hydrogen-bond acceptors (Lipinski definition) is 4. The van der Waals surface area contributed by atoms with Crippen molar-refractivity contribution in [2.75, 3.05) is 0 Å². The highest BCUT2D eigenvalue weighted by Crippen LogP contribution is 2.22. The summed E-state index contributed by atoms with van der Waals surface area (Å²) in [5, 5.41) is 20.2. The van der Waals surface area contributed by atoms with E-state index in [0.717, 1.165) is 11.6 Å². The predicted octanol–water partition coefficient (Wildman–Crippen LogP) is 2.92. The van der Waals surface area contributed by atoms with Crippen molar-refractivity contribution >= 4 is 11.9 Å². The van der Waals surface area contributed by atoms with Gasteiger partial charge in [-0.15, -0.1) is 0 Å². The molecule has 0 aliphatic carbocycles. The number of nitro groups is 1. The van der Waals surface area contributed by atoms with Gasteiger partial charge in [-0.2, -0.15) is 0 Å².